The number of anilines is 2. The first-order chi connectivity index (χ1) is 21.1. The highest BCUT2D eigenvalue weighted by atomic mass is 32.2. The second-order valence-corrected chi connectivity index (χ2v) is 13.1. The molecule has 3 aromatic carbocycles. The molecule has 0 bridgehead atoms. The van der Waals surface area contributed by atoms with Crippen molar-refractivity contribution in [2.75, 3.05) is 37.4 Å². The monoisotopic (exact) mass is 648 g/mol. The molecule has 45 heavy (non-hydrogen) atoms. The third kappa shape index (κ3) is 7.93. The number of sulfonamides is 1. The quantitative estimate of drug-likeness (QED) is 0.308. The second kappa shape index (κ2) is 13.5. The van der Waals surface area contributed by atoms with Crippen molar-refractivity contribution < 1.29 is 41.0 Å². The zero-order valence-corrected chi connectivity index (χ0v) is 25.9. The molecule has 0 radical (unpaired) electrons. The Morgan fingerprint density at radius 2 is 1.67 bits per heavy atom. The summed E-state index contributed by atoms with van der Waals surface area (Å²) in [5.74, 6) is -0.662. The second-order valence-electron chi connectivity index (χ2n) is 11.1. The van der Waals surface area contributed by atoms with E-state index in [9.17, 15) is 36.3 Å². The molecule has 10 nitrogen and oxygen atoms in total. The lowest BCUT2D eigenvalue weighted by Crippen LogP contribution is -2.50. The fraction of sp³-hybridized carbons (Fsp3) is 0.355. The maximum atomic E-state index is 13.7. The Kier molecular flexibility index (Phi) is 10.1. The van der Waals surface area contributed by atoms with E-state index in [0.717, 1.165) is 29.8 Å². The molecule has 0 unspecified atom stereocenters. The van der Waals surface area contributed by atoms with E-state index in [-0.39, 0.29) is 53.2 Å². The van der Waals surface area contributed by atoms with E-state index in [1.165, 1.54) is 46.6 Å². The third-order valence-electron chi connectivity index (χ3n) is 7.56. The number of aliphatic hydroxyl groups is 1. The Hall–Kier alpha value is -4.14. The van der Waals surface area contributed by atoms with Gasteiger partial charge in [0.1, 0.15) is 11.9 Å². The summed E-state index contributed by atoms with van der Waals surface area (Å²) in [6.07, 6.45) is -5.21. The van der Waals surface area contributed by atoms with Crippen molar-refractivity contribution in [1.29, 1.82) is 0 Å². The molecule has 4 rings (SSSR count). The number of fused-ring (bicyclic) bond motifs is 1. The summed E-state index contributed by atoms with van der Waals surface area (Å²) >= 11 is 0. The van der Waals surface area contributed by atoms with Crippen molar-refractivity contribution in [3.8, 4) is 5.75 Å². The summed E-state index contributed by atoms with van der Waals surface area (Å²) in [4.78, 5) is 27.9. The van der Waals surface area contributed by atoms with Crippen LogP contribution >= 0.6 is 0 Å². The molecule has 3 N–H and O–H groups in total. The van der Waals surface area contributed by atoms with Crippen LogP contribution in [0.25, 0.3) is 0 Å². The number of alkyl halides is 3. The first kappa shape index (κ1) is 33.7. The van der Waals surface area contributed by atoms with Gasteiger partial charge in [-0.25, -0.2) is 13.2 Å². The van der Waals surface area contributed by atoms with Crippen molar-refractivity contribution in [2.45, 2.75) is 44.0 Å². The van der Waals surface area contributed by atoms with Gasteiger partial charge in [-0.15, -0.1) is 0 Å². The number of halogens is 3. The van der Waals surface area contributed by atoms with Gasteiger partial charge in [-0.2, -0.15) is 17.5 Å². The molecule has 0 aromatic heterocycles. The van der Waals surface area contributed by atoms with Crippen molar-refractivity contribution in [3.05, 3.63) is 83.4 Å². The Bertz CT molecular complexity index is 1630. The van der Waals surface area contributed by atoms with Gasteiger partial charge in [-0.05, 0) is 68.4 Å². The van der Waals surface area contributed by atoms with Crippen LogP contribution in [0, 0.1) is 12.8 Å². The van der Waals surface area contributed by atoms with Crippen molar-refractivity contribution in [2.24, 2.45) is 5.92 Å². The van der Waals surface area contributed by atoms with Gasteiger partial charge in [0.15, 0.2) is 0 Å². The van der Waals surface area contributed by atoms with E-state index >= 15 is 0 Å². The predicted octanol–water partition coefficient (Wildman–Crippen LogP) is 5.20. The minimum Gasteiger partial charge on any atom is -0.488 e. The molecule has 0 fully saturated rings. The van der Waals surface area contributed by atoms with Gasteiger partial charge < -0.3 is 25.4 Å². The van der Waals surface area contributed by atoms with E-state index < -0.39 is 45.8 Å². The van der Waals surface area contributed by atoms with E-state index in [1.807, 2.05) is 13.8 Å². The summed E-state index contributed by atoms with van der Waals surface area (Å²) in [5, 5.41) is 14.9. The Balaban J connectivity index is 1.58. The van der Waals surface area contributed by atoms with Crippen molar-refractivity contribution in [1.82, 2.24) is 9.21 Å². The molecule has 3 aromatic rings. The summed E-state index contributed by atoms with van der Waals surface area (Å²) in [6, 6.07) is 13.4. The fourth-order valence-corrected chi connectivity index (χ4v) is 5.98. The molecule has 242 valence electrons. The lowest BCUT2D eigenvalue weighted by molar-refractivity contribution is -0.137. The van der Waals surface area contributed by atoms with Crippen LogP contribution in [-0.2, 0) is 16.2 Å². The first-order valence-electron chi connectivity index (χ1n) is 14.1. The minimum atomic E-state index is -4.51. The van der Waals surface area contributed by atoms with Crippen LogP contribution in [0.2, 0.25) is 0 Å². The van der Waals surface area contributed by atoms with Crippen LogP contribution in [0.3, 0.4) is 0 Å². The van der Waals surface area contributed by atoms with Crippen molar-refractivity contribution >= 4 is 33.3 Å². The SMILES string of the molecule is Cc1ccc(S(=O)(=O)N(C)C[C@H]2Oc3ccc(NC(=O)Nc4ccc(C(F)(F)F)cc4)cc3C(=O)N([C@H](C)CO)C[C@H]2C)cc1. The highest BCUT2D eigenvalue weighted by Gasteiger charge is 2.35. The zero-order valence-electron chi connectivity index (χ0n) is 25.1. The lowest BCUT2D eigenvalue weighted by Gasteiger charge is -2.38. The highest BCUT2D eigenvalue weighted by Crippen LogP contribution is 2.32. The Labute approximate surface area is 259 Å². The van der Waals surface area contributed by atoms with E-state index in [1.54, 1.807) is 19.1 Å². The van der Waals surface area contributed by atoms with Crippen LogP contribution in [-0.4, -0.2) is 73.6 Å². The molecule has 0 spiro atoms. The topological polar surface area (TPSA) is 128 Å². The summed E-state index contributed by atoms with van der Waals surface area (Å²) < 4.78 is 72.6. The number of carbonyl (C=O) groups is 2. The molecule has 0 aliphatic carbocycles. The fourth-order valence-electron chi connectivity index (χ4n) is 4.80. The third-order valence-corrected chi connectivity index (χ3v) is 9.40. The lowest BCUT2D eigenvalue weighted by atomic mass is 9.99. The molecule has 14 heteroatoms. The molecule has 0 saturated carbocycles. The predicted molar refractivity (Wildman–Crippen MR) is 163 cm³/mol. The Morgan fingerprint density at radius 1 is 1.07 bits per heavy atom. The van der Waals surface area contributed by atoms with Gasteiger partial charge in [0.2, 0.25) is 10.0 Å². The molecule has 1 aliphatic rings. The van der Waals surface area contributed by atoms with Crippen LogP contribution in [0.1, 0.15) is 35.3 Å². The number of amides is 3. The summed E-state index contributed by atoms with van der Waals surface area (Å²) in [6.45, 7) is 5.14. The molecule has 1 heterocycles. The number of nitrogens with one attached hydrogen (secondary N) is 2. The number of benzene rings is 3. The normalized spacial score (nSPS) is 18.0. The Morgan fingerprint density at radius 3 is 2.27 bits per heavy atom. The van der Waals surface area contributed by atoms with Crippen LogP contribution < -0.4 is 15.4 Å². The average Bonchev–Trinajstić information content (AvgIpc) is 2.98. The number of likely N-dealkylation sites (N-methyl/N-ethyl adjacent to an activating group) is 1. The molecule has 1 aliphatic heterocycles. The summed E-state index contributed by atoms with van der Waals surface area (Å²) in [5.41, 5.74) is 0.441. The van der Waals surface area contributed by atoms with Gasteiger partial charge in [-0.1, -0.05) is 24.6 Å². The zero-order chi connectivity index (χ0) is 33.1. The number of hydrogen-bond donors (Lipinski definition) is 3. The average molecular weight is 649 g/mol. The maximum absolute atomic E-state index is 13.7. The van der Waals surface area contributed by atoms with Gasteiger partial charge in [0.05, 0.1) is 35.2 Å². The highest BCUT2D eigenvalue weighted by molar-refractivity contribution is 7.89. The molecular formula is C31H35F3N4O6S. The standard InChI is InChI=1S/C31H35F3N4O6S/c1-19-5-12-25(13-6-19)45(42,43)37(4)17-28-20(2)16-38(21(3)18-39)29(40)26-15-24(11-14-27(26)44-28)36-30(41)35-23-9-7-22(8-10-23)31(32,33)34/h5-15,20-21,28,39H,16-18H2,1-4H3,(H2,35,36,41)/t20-,21-,28-/m1/s1. The van der Waals surface area contributed by atoms with Crippen LogP contribution in [0.4, 0.5) is 29.3 Å². The van der Waals surface area contributed by atoms with E-state index in [2.05, 4.69) is 10.6 Å². The number of carbonyl (C=O) groups excluding carboxylic acids is 2. The molecule has 3 atom stereocenters. The molecule has 0 saturated heterocycles. The van der Waals surface area contributed by atoms with Gasteiger partial charge in [0, 0.05) is 30.9 Å². The van der Waals surface area contributed by atoms with Gasteiger partial charge in [-0.3, -0.25) is 4.79 Å². The number of urea groups is 1. The number of hydrogen-bond acceptors (Lipinski definition) is 6. The maximum Gasteiger partial charge on any atom is 0.416 e. The largest absolute Gasteiger partial charge is 0.488 e. The minimum absolute atomic E-state index is 0.0398. The van der Waals surface area contributed by atoms with E-state index in [4.69, 9.17) is 4.74 Å². The number of aliphatic hydroxyl groups excluding tert-OH is 1. The first-order valence-corrected chi connectivity index (χ1v) is 15.5. The van der Waals surface area contributed by atoms with Crippen LogP contribution in [0.5, 0.6) is 5.75 Å². The molecular weight excluding hydrogens is 613 g/mol. The number of nitrogens with zero attached hydrogens (tertiary/aromatic N) is 2. The summed E-state index contributed by atoms with van der Waals surface area (Å²) in [7, 11) is -2.40. The number of rotatable bonds is 8. The number of aryl methyl sites for hydroxylation is 1. The smallest absolute Gasteiger partial charge is 0.416 e. The van der Waals surface area contributed by atoms with E-state index in [0.29, 0.717) is 0 Å². The van der Waals surface area contributed by atoms with Gasteiger partial charge in [0.25, 0.3) is 5.91 Å². The number of ether oxygens (including phenoxy) is 1. The van der Waals surface area contributed by atoms with Gasteiger partial charge >= 0.3 is 12.2 Å². The van der Waals surface area contributed by atoms with Crippen LogP contribution in [0.15, 0.2) is 71.6 Å². The van der Waals surface area contributed by atoms with Crippen molar-refractivity contribution in [3.63, 3.8) is 0 Å². The molecule has 3 amide bonds.